The number of sulfone groups is 1. The molecular formula is C25H30ClNO6S. The predicted octanol–water partition coefficient (Wildman–Crippen LogP) is 4.89. The van der Waals surface area contributed by atoms with Crippen LogP contribution in [-0.2, 0) is 28.9 Å². The van der Waals surface area contributed by atoms with Gasteiger partial charge >= 0.3 is 11.9 Å². The van der Waals surface area contributed by atoms with Crippen molar-refractivity contribution >= 4 is 33.4 Å². The molecule has 0 aromatic heterocycles. The highest BCUT2D eigenvalue weighted by molar-refractivity contribution is 7.92. The molecule has 34 heavy (non-hydrogen) atoms. The van der Waals surface area contributed by atoms with Gasteiger partial charge in [-0.15, -0.1) is 0 Å². The molecule has 1 N–H and O–H groups in total. The SMILES string of the molecule is C=C(N[C@H](C(=O)OC(C)(C)C)S(=O)(=O)c1ccc(-c2ccc(Cl)cc2)cc1)C(=O)OC(C)(C)C. The minimum atomic E-state index is -4.33. The first-order chi connectivity index (χ1) is 15.5. The van der Waals surface area contributed by atoms with Crippen LogP contribution in [0.5, 0.6) is 0 Å². The van der Waals surface area contributed by atoms with Gasteiger partial charge in [0.2, 0.25) is 15.2 Å². The van der Waals surface area contributed by atoms with Gasteiger partial charge in [0.15, 0.2) is 0 Å². The zero-order chi connectivity index (χ0) is 25.9. The van der Waals surface area contributed by atoms with Crippen molar-refractivity contribution in [2.45, 2.75) is 63.0 Å². The first-order valence-electron chi connectivity index (χ1n) is 10.5. The van der Waals surface area contributed by atoms with E-state index >= 15 is 0 Å². The molecule has 0 radical (unpaired) electrons. The van der Waals surface area contributed by atoms with Crippen molar-refractivity contribution < 1.29 is 27.5 Å². The molecule has 2 aromatic rings. The second-order valence-corrected chi connectivity index (χ2v) is 12.1. The predicted molar refractivity (Wildman–Crippen MR) is 132 cm³/mol. The van der Waals surface area contributed by atoms with E-state index in [-0.39, 0.29) is 10.6 Å². The van der Waals surface area contributed by atoms with Crippen LogP contribution in [0.1, 0.15) is 41.5 Å². The summed E-state index contributed by atoms with van der Waals surface area (Å²) in [6.07, 6.45) is 0. The number of ether oxygens (including phenoxy) is 2. The summed E-state index contributed by atoms with van der Waals surface area (Å²) < 4.78 is 37.4. The van der Waals surface area contributed by atoms with E-state index in [4.69, 9.17) is 21.1 Å². The Bertz CT molecular complexity index is 1160. The maximum absolute atomic E-state index is 13.4. The summed E-state index contributed by atoms with van der Waals surface area (Å²) in [5.41, 5.74) is -0.575. The number of carbonyl (C=O) groups is 2. The van der Waals surface area contributed by atoms with Crippen LogP contribution in [0.3, 0.4) is 0 Å². The molecule has 0 bridgehead atoms. The molecule has 0 spiro atoms. The average Bonchev–Trinajstić information content (AvgIpc) is 2.69. The summed E-state index contributed by atoms with van der Waals surface area (Å²) in [5, 5.41) is 1.08. The van der Waals surface area contributed by atoms with Gasteiger partial charge in [0.1, 0.15) is 16.9 Å². The van der Waals surface area contributed by atoms with Gasteiger partial charge in [-0.2, -0.15) is 0 Å². The molecular weight excluding hydrogens is 478 g/mol. The van der Waals surface area contributed by atoms with Crippen molar-refractivity contribution in [3.63, 3.8) is 0 Å². The Labute approximate surface area is 206 Å². The second-order valence-electron chi connectivity index (χ2n) is 9.61. The first-order valence-corrected chi connectivity index (χ1v) is 12.4. The summed E-state index contributed by atoms with van der Waals surface area (Å²) in [6.45, 7) is 13.4. The van der Waals surface area contributed by atoms with Crippen molar-refractivity contribution in [3.05, 3.63) is 65.8 Å². The number of esters is 2. The van der Waals surface area contributed by atoms with Crippen molar-refractivity contribution in [2.24, 2.45) is 0 Å². The molecule has 7 nitrogen and oxygen atoms in total. The molecule has 0 heterocycles. The van der Waals surface area contributed by atoms with Gasteiger partial charge in [0.25, 0.3) is 0 Å². The van der Waals surface area contributed by atoms with Crippen LogP contribution < -0.4 is 5.32 Å². The highest BCUT2D eigenvalue weighted by Gasteiger charge is 2.39. The van der Waals surface area contributed by atoms with Crippen LogP contribution in [0, 0.1) is 0 Å². The minimum Gasteiger partial charge on any atom is -0.458 e. The molecule has 0 saturated heterocycles. The Kier molecular flexibility index (Phi) is 8.22. The number of rotatable bonds is 7. The van der Waals surface area contributed by atoms with Crippen LogP contribution in [0.2, 0.25) is 5.02 Å². The maximum Gasteiger partial charge on any atom is 0.354 e. The lowest BCUT2D eigenvalue weighted by Gasteiger charge is -2.26. The van der Waals surface area contributed by atoms with Gasteiger partial charge in [-0.3, -0.25) is 0 Å². The molecule has 0 saturated carbocycles. The zero-order valence-corrected chi connectivity index (χ0v) is 21.7. The summed E-state index contributed by atoms with van der Waals surface area (Å²) >= 11 is 5.92. The van der Waals surface area contributed by atoms with Gasteiger partial charge in [-0.1, -0.05) is 42.4 Å². The fraction of sp³-hybridized carbons (Fsp3) is 0.360. The zero-order valence-electron chi connectivity index (χ0n) is 20.1. The molecule has 0 fully saturated rings. The highest BCUT2D eigenvalue weighted by atomic mass is 35.5. The number of benzene rings is 2. The molecule has 0 aliphatic heterocycles. The van der Waals surface area contributed by atoms with Crippen LogP contribution in [0.25, 0.3) is 11.1 Å². The highest BCUT2D eigenvalue weighted by Crippen LogP contribution is 2.25. The van der Waals surface area contributed by atoms with E-state index in [2.05, 4.69) is 11.9 Å². The van der Waals surface area contributed by atoms with Crippen molar-refractivity contribution in [3.8, 4) is 11.1 Å². The van der Waals surface area contributed by atoms with E-state index in [1.165, 1.54) is 12.1 Å². The largest absolute Gasteiger partial charge is 0.458 e. The third kappa shape index (κ3) is 7.60. The van der Waals surface area contributed by atoms with Crippen LogP contribution >= 0.6 is 11.6 Å². The lowest BCUT2D eigenvalue weighted by Crippen LogP contribution is -2.47. The topological polar surface area (TPSA) is 98.8 Å². The van der Waals surface area contributed by atoms with Crippen molar-refractivity contribution in [1.82, 2.24) is 5.32 Å². The number of nitrogens with one attached hydrogen (secondary N) is 1. The summed E-state index contributed by atoms with van der Waals surface area (Å²) in [7, 11) is -4.33. The van der Waals surface area contributed by atoms with E-state index in [1.54, 1.807) is 65.8 Å². The molecule has 0 amide bonds. The Morgan fingerprint density at radius 3 is 1.74 bits per heavy atom. The molecule has 2 aromatic carbocycles. The fourth-order valence-electron chi connectivity index (χ4n) is 2.79. The lowest BCUT2D eigenvalue weighted by molar-refractivity contribution is -0.155. The molecule has 9 heteroatoms. The van der Waals surface area contributed by atoms with E-state index in [0.29, 0.717) is 5.02 Å². The molecule has 184 valence electrons. The van der Waals surface area contributed by atoms with Crippen LogP contribution in [0.15, 0.2) is 65.7 Å². The van der Waals surface area contributed by atoms with Gasteiger partial charge < -0.3 is 14.8 Å². The third-order valence-electron chi connectivity index (χ3n) is 4.24. The van der Waals surface area contributed by atoms with E-state index in [9.17, 15) is 18.0 Å². The standard InChI is InChI=1S/C25H30ClNO6S/c1-16(22(28)32-24(2,3)4)27-21(23(29)33-25(5,6)7)34(30,31)20-14-10-18(11-15-20)17-8-12-19(26)13-9-17/h8-15,21,27H,1H2,2-7H3/t21-/m0/s1. The second kappa shape index (κ2) is 10.2. The third-order valence-corrected chi connectivity index (χ3v) is 6.35. The summed E-state index contributed by atoms with van der Waals surface area (Å²) in [4.78, 5) is 25.1. The lowest BCUT2D eigenvalue weighted by atomic mass is 10.1. The van der Waals surface area contributed by atoms with Gasteiger partial charge in [0.05, 0.1) is 4.90 Å². The Morgan fingerprint density at radius 1 is 0.853 bits per heavy atom. The quantitative estimate of drug-likeness (QED) is 0.420. The molecule has 2 rings (SSSR count). The van der Waals surface area contributed by atoms with Gasteiger partial charge in [0, 0.05) is 5.02 Å². The number of hydrogen-bond donors (Lipinski definition) is 1. The minimum absolute atomic E-state index is 0.134. The number of halogens is 1. The monoisotopic (exact) mass is 507 g/mol. The summed E-state index contributed by atoms with van der Waals surface area (Å²) in [6, 6.07) is 13.1. The maximum atomic E-state index is 13.4. The smallest absolute Gasteiger partial charge is 0.354 e. The fourth-order valence-corrected chi connectivity index (χ4v) is 4.30. The Balaban J connectivity index is 2.39. The normalized spacial score (nSPS) is 13.0. The van der Waals surface area contributed by atoms with Gasteiger partial charge in [-0.25, -0.2) is 18.0 Å². The van der Waals surface area contributed by atoms with Gasteiger partial charge in [-0.05, 0) is 76.9 Å². The molecule has 1 atom stereocenters. The van der Waals surface area contributed by atoms with Crippen LogP contribution in [-0.4, -0.2) is 36.9 Å². The average molecular weight is 508 g/mol. The first kappa shape index (κ1) is 27.4. The number of hydrogen-bond acceptors (Lipinski definition) is 7. The van der Waals surface area contributed by atoms with Crippen LogP contribution in [0.4, 0.5) is 0 Å². The van der Waals surface area contributed by atoms with Crippen molar-refractivity contribution in [2.75, 3.05) is 0 Å². The van der Waals surface area contributed by atoms with E-state index in [0.717, 1.165) is 11.1 Å². The van der Waals surface area contributed by atoms with Crippen molar-refractivity contribution in [1.29, 1.82) is 0 Å². The number of carbonyl (C=O) groups excluding carboxylic acids is 2. The molecule has 0 aliphatic carbocycles. The Hall–Kier alpha value is -2.84. The summed E-state index contributed by atoms with van der Waals surface area (Å²) in [5.74, 6) is -1.95. The van der Waals surface area contributed by atoms with E-state index in [1.807, 2.05) is 12.1 Å². The van der Waals surface area contributed by atoms with E-state index < -0.39 is 38.4 Å². The molecule has 0 unspecified atom stereocenters. The molecule has 0 aliphatic rings. The Morgan fingerprint density at radius 2 is 1.29 bits per heavy atom.